The maximum absolute atomic E-state index is 12.6. The molecule has 1 N–H and O–H groups in total. The molecule has 3 rings (SSSR count). The Morgan fingerprint density at radius 3 is 2.72 bits per heavy atom. The van der Waals surface area contributed by atoms with Crippen LogP contribution in [0.25, 0.3) is 10.6 Å². The summed E-state index contributed by atoms with van der Waals surface area (Å²) in [5.74, 6) is -0.0503. The lowest BCUT2D eigenvalue weighted by molar-refractivity contribution is 0.0942. The summed E-state index contributed by atoms with van der Waals surface area (Å²) in [5, 5.41) is 3.91. The third kappa shape index (κ3) is 4.51. The van der Waals surface area contributed by atoms with Crippen molar-refractivity contribution in [3.05, 3.63) is 71.0 Å². The van der Waals surface area contributed by atoms with E-state index in [1.54, 1.807) is 12.4 Å². The van der Waals surface area contributed by atoms with Crippen LogP contribution in [0.3, 0.4) is 0 Å². The molecule has 2 heterocycles. The molecule has 25 heavy (non-hydrogen) atoms. The Labute approximate surface area is 152 Å². The first-order valence-corrected chi connectivity index (χ1v) is 9.18. The van der Waals surface area contributed by atoms with Gasteiger partial charge in [0.15, 0.2) is 0 Å². The largest absolute Gasteiger partial charge is 0.349 e. The maximum Gasteiger partial charge on any atom is 0.263 e. The number of hydrogen-bond donors (Lipinski definition) is 1. The van der Waals surface area contributed by atoms with Gasteiger partial charge in [0.25, 0.3) is 5.91 Å². The molecule has 128 valence electrons. The van der Waals surface area contributed by atoms with Gasteiger partial charge in [0.2, 0.25) is 0 Å². The van der Waals surface area contributed by atoms with Gasteiger partial charge in [0, 0.05) is 24.0 Å². The van der Waals surface area contributed by atoms with Gasteiger partial charge in [-0.15, -0.1) is 11.3 Å². The van der Waals surface area contributed by atoms with E-state index in [1.165, 1.54) is 16.9 Å². The highest BCUT2D eigenvalue weighted by Crippen LogP contribution is 2.27. The number of thiazole rings is 1. The number of nitrogens with zero attached hydrogens (tertiary/aromatic N) is 2. The lowest BCUT2D eigenvalue weighted by Crippen LogP contribution is -2.32. The quantitative estimate of drug-likeness (QED) is 0.722. The van der Waals surface area contributed by atoms with Crippen LogP contribution in [0.2, 0.25) is 0 Å². The first-order valence-electron chi connectivity index (χ1n) is 8.36. The summed E-state index contributed by atoms with van der Waals surface area (Å²) >= 11 is 1.41. The van der Waals surface area contributed by atoms with Crippen molar-refractivity contribution in [2.24, 2.45) is 0 Å². The van der Waals surface area contributed by atoms with E-state index in [0.29, 0.717) is 4.88 Å². The molecular weight excluding hydrogens is 330 g/mol. The molecule has 0 unspecified atom stereocenters. The number of benzene rings is 1. The number of pyridine rings is 1. The van der Waals surface area contributed by atoms with E-state index in [4.69, 9.17) is 0 Å². The maximum atomic E-state index is 12.6. The number of aryl methyl sites for hydroxylation is 2. The van der Waals surface area contributed by atoms with Crippen molar-refractivity contribution in [2.75, 3.05) is 0 Å². The minimum absolute atomic E-state index is 0.0503. The highest BCUT2D eigenvalue weighted by atomic mass is 32.1. The Balaban J connectivity index is 1.62. The zero-order chi connectivity index (χ0) is 17.6. The van der Waals surface area contributed by atoms with Gasteiger partial charge in [-0.3, -0.25) is 9.78 Å². The zero-order valence-corrected chi connectivity index (χ0v) is 15.2. The molecule has 0 aliphatic heterocycles. The van der Waals surface area contributed by atoms with Crippen molar-refractivity contribution >= 4 is 17.2 Å². The minimum Gasteiger partial charge on any atom is -0.349 e. The SMILES string of the molecule is Cc1nc(-c2cccnc2)sc1C(=O)N[C@@H](C)CCc1ccccc1. The summed E-state index contributed by atoms with van der Waals surface area (Å²) in [6.45, 7) is 3.92. The molecule has 0 fully saturated rings. The zero-order valence-electron chi connectivity index (χ0n) is 14.4. The van der Waals surface area contributed by atoms with Crippen molar-refractivity contribution < 1.29 is 4.79 Å². The predicted octanol–water partition coefficient (Wildman–Crippen LogP) is 4.26. The number of rotatable bonds is 6. The molecule has 0 bridgehead atoms. The number of amides is 1. The van der Waals surface area contributed by atoms with E-state index >= 15 is 0 Å². The molecule has 1 amide bonds. The van der Waals surface area contributed by atoms with Gasteiger partial charge in [-0.25, -0.2) is 4.98 Å². The van der Waals surface area contributed by atoms with Gasteiger partial charge in [0.05, 0.1) is 5.69 Å². The van der Waals surface area contributed by atoms with Crippen LogP contribution >= 0.6 is 11.3 Å². The third-order valence-corrected chi connectivity index (χ3v) is 5.20. The fraction of sp³-hybridized carbons (Fsp3) is 0.250. The average Bonchev–Trinajstić information content (AvgIpc) is 3.03. The van der Waals surface area contributed by atoms with Gasteiger partial charge in [-0.1, -0.05) is 30.3 Å². The lowest BCUT2D eigenvalue weighted by atomic mass is 10.1. The summed E-state index contributed by atoms with van der Waals surface area (Å²) in [6, 6.07) is 14.3. The molecule has 4 nitrogen and oxygen atoms in total. The molecule has 3 aromatic rings. The number of carbonyl (C=O) groups is 1. The summed E-state index contributed by atoms with van der Waals surface area (Å²) in [7, 11) is 0. The summed E-state index contributed by atoms with van der Waals surface area (Å²) in [4.78, 5) is 21.9. The second kappa shape index (κ2) is 8.03. The monoisotopic (exact) mass is 351 g/mol. The predicted molar refractivity (Wildman–Crippen MR) is 102 cm³/mol. The third-order valence-electron chi connectivity index (χ3n) is 4.00. The van der Waals surface area contributed by atoms with E-state index < -0.39 is 0 Å². The van der Waals surface area contributed by atoms with Gasteiger partial charge < -0.3 is 5.32 Å². The van der Waals surface area contributed by atoms with Gasteiger partial charge in [-0.05, 0) is 44.4 Å². The first-order chi connectivity index (χ1) is 12.1. The van der Waals surface area contributed by atoms with Gasteiger partial charge in [-0.2, -0.15) is 0 Å². The van der Waals surface area contributed by atoms with Crippen molar-refractivity contribution in [2.45, 2.75) is 32.7 Å². The van der Waals surface area contributed by atoms with Crippen molar-refractivity contribution in [3.63, 3.8) is 0 Å². The fourth-order valence-electron chi connectivity index (χ4n) is 2.61. The standard InChI is InChI=1S/C20H21N3OS/c1-14(10-11-16-7-4-3-5-8-16)22-19(24)18-15(2)23-20(25-18)17-9-6-12-21-13-17/h3-9,12-14H,10-11H2,1-2H3,(H,22,24)/t14-/m0/s1. The molecule has 0 aliphatic carbocycles. The van der Waals surface area contributed by atoms with Crippen LogP contribution in [0.15, 0.2) is 54.9 Å². The van der Waals surface area contributed by atoms with E-state index in [0.717, 1.165) is 29.1 Å². The molecule has 0 saturated heterocycles. The van der Waals surface area contributed by atoms with Crippen LogP contribution in [0.1, 0.15) is 34.3 Å². The lowest BCUT2D eigenvalue weighted by Gasteiger charge is -2.13. The topological polar surface area (TPSA) is 54.9 Å². The highest BCUT2D eigenvalue weighted by Gasteiger charge is 2.17. The Hall–Kier alpha value is -2.53. The molecule has 1 aromatic carbocycles. The Morgan fingerprint density at radius 1 is 1.20 bits per heavy atom. The van der Waals surface area contributed by atoms with Crippen LogP contribution in [0.5, 0.6) is 0 Å². The van der Waals surface area contributed by atoms with Crippen LogP contribution < -0.4 is 5.32 Å². The summed E-state index contributed by atoms with van der Waals surface area (Å²) in [5.41, 5.74) is 2.99. The van der Waals surface area contributed by atoms with Crippen LogP contribution in [0.4, 0.5) is 0 Å². The van der Waals surface area contributed by atoms with Crippen LogP contribution in [0, 0.1) is 6.92 Å². The number of aromatic nitrogens is 2. The molecule has 1 atom stereocenters. The van der Waals surface area contributed by atoms with E-state index in [2.05, 4.69) is 27.4 Å². The Bertz CT molecular complexity index is 831. The molecule has 0 saturated carbocycles. The smallest absolute Gasteiger partial charge is 0.263 e. The number of carbonyl (C=O) groups excluding carboxylic acids is 1. The van der Waals surface area contributed by atoms with Gasteiger partial charge >= 0.3 is 0 Å². The summed E-state index contributed by atoms with van der Waals surface area (Å²) in [6.07, 6.45) is 5.35. The van der Waals surface area contributed by atoms with E-state index in [1.807, 2.05) is 44.2 Å². The minimum atomic E-state index is -0.0503. The highest BCUT2D eigenvalue weighted by molar-refractivity contribution is 7.17. The van der Waals surface area contributed by atoms with Gasteiger partial charge in [0.1, 0.15) is 9.88 Å². The summed E-state index contributed by atoms with van der Waals surface area (Å²) < 4.78 is 0. The molecule has 0 radical (unpaired) electrons. The second-order valence-corrected chi connectivity index (χ2v) is 7.07. The molecule has 5 heteroatoms. The molecule has 0 spiro atoms. The average molecular weight is 351 g/mol. The first kappa shape index (κ1) is 17.3. The number of nitrogens with one attached hydrogen (secondary N) is 1. The molecular formula is C20H21N3OS. The Morgan fingerprint density at radius 2 is 2.00 bits per heavy atom. The molecule has 2 aromatic heterocycles. The number of hydrogen-bond acceptors (Lipinski definition) is 4. The Kier molecular flexibility index (Phi) is 5.56. The van der Waals surface area contributed by atoms with Crippen LogP contribution in [-0.4, -0.2) is 21.9 Å². The normalized spacial score (nSPS) is 11.9. The fourth-order valence-corrected chi connectivity index (χ4v) is 3.57. The second-order valence-electron chi connectivity index (χ2n) is 6.07. The van der Waals surface area contributed by atoms with E-state index in [-0.39, 0.29) is 11.9 Å². The van der Waals surface area contributed by atoms with Crippen LogP contribution in [-0.2, 0) is 6.42 Å². The van der Waals surface area contributed by atoms with Crippen molar-refractivity contribution in [1.82, 2.24) is 15.3 Å². The van der Waals surface area contributed by atoms with Crippen molar-refractivity contribution in [1.29, 1.82) is 0 Å². The molecule has 0 aliphatic rings. The van der Waals surface area contributed by atoms with Crippen molar-refractivity contribution in [3.8, 4) is 10.6 Å². The van der Waals surface area contributed by atoms with E-state index in [9.17, 15) is 4.79 Å².